The molecule has 2 aromatic carbocycles. The minimum atomic E-state index is -0.899. The van der Waals surface area contributed by atoms with Crippen LogP contribution in [0.5, 0.6) is 0 Å². The first-order chi connectivity index (χ1) is 9.61. The molecule has 0 aliphatic rings. The molecule has 5 nitrogen and oxygen atoms in total. The van der Waals surface area contributed by atoms with E-state index < -0.39 is 5.97 Å². The van der Waals surface area contributed by atoms with Crippen LogP contribution in [0.25, 0.3) is 21.8 Å². The average Bonchev–Trinajstić information content (AvgIpc) is 2.42. The third-order valence-corrected chi connectivity index (χ3v) is 3.08. The lowest BCUT2D eigenvalue weighted by Gasteiger charge is -2.06. The van der Waals surface area contributed by atoms with E-state index in [2.05, 4.69) is 10.3 Å². The van der Waals surface area contributed by atoms with Gasteiger partial charge >= 0.3 is 5.97 Å². The molecule has 0 radical (unpaired) electrons. The fourth-order valence-electron chi connectivity index (χ4n) is 2.13. The van der Waals surface area contributed by atoms with E-state index in [1.807, 2.05) is 42.5 Å². The number of anilines is 2. The van der Waals surface area contributed by atoms with Crippen molar-refractivity contribution in [3.63, 3.8) is 0 Å². The van der Waals surface area contributed by atoms with Crippen LogP contribution in [0.3, 0.4) is 0 Å². The molecule has 1 heterocycles. The number of hydrogen-bond donors (Lipinski definition) is 3. The van der Waals surface area contributed by atoms with Crippen molar-refractivity contribution in [3.8, 4) is 0 Å². The minimum absolute atomic E-state index is 0.119. The molecule has 4 N–H and O–H groups in total. The van der Waals surface area contributed by atoms with E-state index in [0.29, 0.717) is 5.69 Å². The number of hydrogen-bond acceptors (Lipinski definition) is 4. The third kappa shape index (κ3) is 2.33. The average molecular weight is 267 g/mol. The van der Waals surface area contributed by atoms with Gasteiger partial charge < -0.3 is 16.2 Å². The Bertz CT molecular complexity index is 815. The second kappa shape index (κ2) is 4.70. The molecule has 0 aliphatic heterocycles. The highest BCUT2D eigenvalue weighted by molar-refractivity contribution is 5.95. The van der Waals surface area contributed by atoms with Crippen molar-refractivity contribution in [3.05, 3.63) is 42.5 Å². The van der Waals surface area contributed by atoms with Crippen molar-refractivity contribution in [2.45, 2.75) is 0 Å². The summed E-state index contributed by atoms with van der Waals surface area (Å²) in [6, 6.07) is 13.2. The minimum Gasteiger partial charge on any atom is -0.480 e. The van der Waals surface area contributed by atoms with Gasteiger partial charge in [0.25, 0.3) is 0 Å². The van der Waals surface area contributed by atoms with Gasteiger partial charge in [0, 0.05) is 22.1 Å². The fourth-order valence-corrected chi connectivity index (χ4v) is 2.13. The summed E-state index contributed by atoms with van der Waals surface area (Å²) >= 11 is 0. The Morgan fingerprint density at radius 2 is 1.80 bits per heavy atom. The summed E-state index contributed by atoms with van der Waals surface area (Å²) in [7, 11) is 0. The SMILES string of the molecule is Nc1ccc2cc3ccc(NCC(=O)O)cc3nc2c1. The summed E-state index contributed by atoms with van der Waals surface area (Å²) in [5, 5.41) is 13.5. The van der Waals surface area contributed by atoms with E-state index >= 15 is 0 Å². The Morgan fingerprint density at radius 1 is 1.10 bits per heavy atom. The van der Waals surface area contributed by atoms with Gasteiger partial charge in [-0.2, -0.15) is 0 Å². The second-order valence-corrected chi connectivity index (χ2v) is 4.60. The molecular weight excluding hydrogens is 254 g/mol. The summed E-state index contributed by atoms with van der Waals surface area (Å²) in [4.78, 5) is 15.1. The van der Waals surface area contributed by atoms with Gasteiger partial charge in [0.1, 0.15) is 6.54 Å². The van der Waals surface area contributed by atoms with Crippen molar-refractivity contribution in [2.75, 3.05) is 17.6 Å². The van der Waals surface area contributed by atoms with Crippen LogP contribution in [-0.2, 0) is 4.79 Å². The Morgan fingerprint density at radius 3 is 2.55 bits per heavy atom. The maximum atomic E-state index is 10.6. The van der Waals surface area contributed by atoms with Crippen molar-refractivity contribution in [2.24, 2.45) is 0 Å². The number of nitrogen functional groups attached to an aromatic ring is 1. The number of nitrogens with zero attached hydrogens (tertiary/aromatic N) is 1. The number of carboxylic acids is 1. The molecule has 0 aliphatic carbocycles. The number of rotatable bonds is 3. The zero-order chi connectivity index (χ0) is 14.1. The molecule has 0 saturated heterocycles. The van der Waals surface area contributed by atoms with Crippen LogP contribution in [0.15, 0.2) is 42.5 Å². The van der Waals surface area contributed by atoms with Crippen molar-refractivity contribution in [1.29, 1.82) is 0 Å². The van der Waals surface area contributed by atoms with E-state index in [1.165, 1.54) is 0 Å². The molecule has 100 valence electrons. The number of benzene rings is 2. The molecule has 3 rings (SSSR count). The van der Waals surface area contributed by atoms with Gasteiger partial charge in [-0.25, -0.2) is 4.98 Å². The standard InChI is InChI=1S/C15H13N3O2/c16-11-3-1-9-5-10-2-4-12(17-8-15(19)20)7-14(10)18-13(9)6-11/h1-7,17H,8,16H2,(H,19,20). The van der Waals surface area contributed by atoms with Crippen LogP contribution in [-0.4, -0.2) is 22.6 Å². The first-order valence-electron chi connectivity index (χ1n) is 6.17. The van der Waals surface area contributed by atoms with E-state index in [0.717, 1.165) is 27.5 Å². The van der Waals surface area contributed by atoms with Crippen LogP contribution in [0, 0.1) is 0 Å². The molecule has 0 unspecified atom stereocenters. The fraction of sp³-hybridized carbons (Fsp3) is 0.0667. The van der Waals surface area contributed by atoms with Crippen molar-refractivity contribution < 1.29 is 9.90 Å². The van der Waals surface area contributed by atoms with Crippen LogP contribution in [0.2, 0.25) is 0 Å². The Labute approximate surface area is 115 Å². The van der Waals surface area contributed by atoms with E-state index in [-0.39, 0.29) is 6.54 Å². The van der Waals surface area contributed by atoms with Gasteiger partial charge in [0.15, 0.2) is 0 Å². The number of carbonyl (C=O) groups is 1. The van der Waals surface area contributed by atoms with Crippen LogP contribution in [0.1, 0.15) is 0 Å². The lowest BCUT2D eigenvalue weighted by atomic mass is 10.1. The number of nitrogens with one attached hydrogen (secondary N) is 1. The Kier molecular flexibility index (Phi) is 2.87. The topological polar surface area (TPSA) is 88.2 Å². The molecule has 5 heteroatoms. The van der Waals surface area contributed by atoms with Crippen molar-refractivity contribution >= 4 is 39.1 Å². The quantitative estimate of drug-likeness (QED) is 0.501. The number of nitrogens with two attached hydrogens (primary N) is 1. The summed E-state index contributed by atoms with van der Waals surface area (Å²) in [5.41, 5.74) is 8.80. The van der Waals surface area contributed by atoms with E-state index in [4.69, 9.17) is 10.8 Å². The predicted octanol–water partition coefficient (Wildman–Crippen LogP) is 2.47. The molecular formula is C15H13N3O2. The number of carboxylic acid groups (broad SMARTS) is 1. The number of aromatic nitrogens is 1. The number of aliphatic carboxylic acids is 1. The largest absolute Gasteiger partial charge is 0.480 e. The zero-order valence-electron chi connectivity index (χ0n) is 10.6. The van der Waals surface area contributed by atoms with Crippen LogP contribution < -0.4 is 11.1 Å². The molecule has 3 aromatic rings. The van der Waals surface area contributed by atoms with Crippen LogP contribution >= 0.6 is 0 Å². The normalized spacial score (nSPS) is 10.8. The predicted molar refractivity (Wildman–Crippen MR) is 79.8 cm³/mol. The lowest BCUT2D eigenvalue weighted by molar-refractivity contribution is -0.134. The highest BCUT2D eigenvalue weighted by Crippen LogP contribution is 2.23. The highest BCUT2D eigenvalue weighted by atomic mass is 16.4. The van der Waals surface area contributed by atoms with Gasteiger partial charge in [-0.3, -0.25) is 4.79 Å². The van der Waals surface area contributed by atoms with Gasteiger partial charge in [-0.05, 0) is 30.3 Å². The lowest BCUT2D eigenvalue weighted by Crippen LogP contribution is -2.12. The van der Waals surface area contributed by atoms with E-state index in [9.17, 15) is 4.79 Å². The molecule has 1 aromatic heterocycles. The molecule has 0 bridgehead atoms. The first-order valence-corrected chi connectivity index (χ1v) is 6.17. The number of fused-ring (bicyclic) bond motifs is 2. The maximum absolute atomic E-state index is 10.6. The summed E-state index contributed by atoms with van der Waals surface area (Å²) in [5.74, 6) is -0.899. The summed E-state index contributed by atoms with van der Waals surface area (Å²) in [6.45, 7) is -0.119. The van der Waals surface area contributed by atoms with Gasteiger partial charge in [0.2, 0.25) is 0 Å². The van der Waals surface area contributed by atoms with E-state index in [1.54, 1.807) is 0 Å². The smallest absolute Gasteiger partial charge is 0.322 e. The molecule has 20 heavy (non-hydrogen) atoms. The van der Waals surface area contributed by atoms with Gasteiger partial charge in [0.05, 0.1) is 11.0 Å². The van der Waals surface area contributed by atoms with Crippen molar-refractivity contribution in [1.82, 2.24) is 4.98 Å². The Balaban J connectivity index is 2.08. The summed E-state index contributed by atoms with van der Waals surface area (Å²) < 4.78 is 0. The monoisotopic (exact) mass is 267 g/mol. The highest BCUT2D eigenvalue weighted by Gasteiger charge is 2.03. The molecule has 0 fully saturated rings. The Hall–Kier alpha value is -2.82. The third-order valence-electron chi connectivity index (χ3n) is 3.08. The molecule has 0 saturated carbocycles. The molecule has 0 amide bonds. The van der Waals surface area contributed by atoms with Gasteiger partial charge in [-0.1, -0.05) is 12.1 Å². The summed E-state index contributed by atoms with van der Waals surface area (Å²) in [6.07, 6.45) is 0. The molecule has 0 atom stereocenters. The first kappa shape index (κ1) is 12.2. The second-order valence-electron chi connectivity index (χ2n) is 4.60. The zero-order valence-corrected chi connectivity index (χ0v) is 10.6. The number of pyridine rings is 1. The molecule has 0 spiro atoms. The maximum Gasteiger partial charge on any atom is 0.322 e. The van der Waals surface area contributed by atoms with Gasteiger partial charge in [-0.15, -0.1) is 0 Å². The van der Waals surface area contributed by atoms with Crippen LogP contribution in [0.4, 0.5) is 11.4 Å².